The number of anilines is 1. The second kappa shape index (κ2) is 9.18. The summed E-state index contributed by atoms with van der Waals surface area (Å²) in [5.41, 5.74) is 3.98. The fourth-order valence-corrected chi connectivity index (χ4v) is 4.71. The number of β-amino-alcohol motifs (C(OH)–C–C–N with tert-alkyl or cyclic N) is 1. The van der Waals surface area contributed by atoms with Gasteiger partial charge in [0.25, 0.3) is 5.91 Å². The molecular formula is C24H22N4O7. The molecule has 1 fully saturated rings. The Kier molecular flexibility index (Phi) is 5.91. The van der Waals surface area contributed by atoms with Crippen LogP contribution < -0.4 is 5.32 Å². The molecule has 11 heteroatoms. The number of ether oxygens (including phenoxy) is 1. The summed E-state index contributed by atoms with van der Waals surface area (Å²) >= 11 is 0. The Bertz CT molecular complexity index is 1240. The molecule has 180 valence electrons. The summed E-state index contributed by atoms with van der Waals surface area (Å²) in [5.74, 6) is -3.14. The maximum atomic E-state index is 12.9. The highest BCUT2D eigenvalue weighted by Gasteiger charge is 2.36. The lowest BCUT2D eigenvalue weighted by atomic mass is 9.96. The van der Waals surface area contributed by atoms with Crippen molar-refractivity contribution in [2.75, 3.05) is 25.0 Å². The van der Waals surface area contributed by atoms with Crippen LogP contribution >= 0.6 is 0 Å². The number of carbonyl (C=O) groups excluding carboxylic acids is 2. The zero-order valence-electron chi connectivity index (χ0n) is 18.5. The number of amides is 2. The standard InChI is InChI=1S/C24H22N4O7/c29-14-9-13(23(31)32)10-28(11-14)22(30)20-21(27-35-26-20)25-24(33)34-12-19-17-7-3-1-5-15(17)16-6-2-4-8-18(16)19/h1-8,13-14,19,29H,9-12H2,(H,31,32)(H,25,27,33). The van der Waals surface area contributed by atoms with Gasteiger partial charge in [-0.15, -0.1) is 0 Å². The molecule has 2 aromatic carbocycles. The van der Waals surface area contributed by atoms with Crippen LogP contribution in [0.25, 0.3) is 11.1 Å². The van der Waals surface area contributed by atoms with E-state index in [9.17, 15) is 24.6 Å². The number of aliphatic hydroxyl groups is 1. The lowest BCUT2D eigenvalue weighted by Gasteiger charge is -2.33. The van der Waals surface area contributed by atoms with Crippen molar-refractivity contribution >= 4 is 23.8 Å². The van der Waals surface area contributed by atoms with E-state index in [1.807, 2.05) is 48.5 Å². The quantitative estimate of drug-likeness (QED) is 0.501. The van der Waals surface area contributed by atoms with Crippen LogP contribution in [0.1, 0.15) is 34.0 Å². The first kappa shape index (κ1) is 22.5. The molecule has 3 aromatic rings. The van der Waals surface area contributed by atoms with Gasteiger partial charge in [-0.1, -0.05) is 48.5 Å². The number of likely N-dealkylation sites (tertiary alicyclic amines) is 1. The monoisotopic (exact) mass is 478 g/mol. The topological polar surface area (TPSA) is 155 Å². The summed E-state index contributed by atoms with van der Waals surface area (Å²) in [6, 6.07) is 15.8. The molecule has 1 aliphatic carbocycles. The number of carbonyl (C=O) groups is 3. The number of hydrogen-bond donors (Lipinski definition) is 3. The van der Waals surface area contributed by atoms with E-state index in [-0.39, 0.29) is 43.5 Å². The van der Waals surface area contributed by atoms with E-state index >= 15 is 0 Å². The average Bonchev–Trinajstić information content (AvgIpc) is 3.44. The van der Waals surface area contributed by atoms with Crippen LogP contribution in [0.3, 0.4) is 0 Å². The van der Waals surface area contributed by atoms with E-state index in [0.717, 1.165) is 27.2 Å². The lowest BCUT2D eigenvalue weighted by molar-refractivity contribution is -0.144. The minimum absolute atomic E-state index is 0.0427. The fourth-order valence-electron chi connectivity index (χ4n) is 4.71. The van der Waals surface area contributed by atoms with E-state index in [1.165, 1.54) is 0 Å². The number of benzene rings is 2. The number of piperidine rings is 1. The summed E-state index contributed by atoms with van der Waals surface area (Å²) in [4.78, 5) is 37.9. The second-order valence-corrected chi connectivity index (χ2v) is 8.55. The molecule has 2 unspecified atom stereocenters. The van der Waals surface area contributed by atoms with Gasteiger partial charge in [-0.05, 0) is 39.0 Å². The average molecular weight is 478 g/mol. The Morgan fingerprint density at radius 3 is 2.34 bits per heavy atom. The number of aliphatic hydroxyl groups excluding tert-OH is 1. The lowest BCUT2D eigenvalue weighted by Crippen LogP contribution is -2.48. The van der Waals surface area contributed by atoms with Crippen LogP contribution in [-0.2, 0) is 9.53 Å². The highest BCUT2D eigenvalue weighted by molar-refractivity contribution is 5.99. The molecule has 5 rings (SSSR count). The first-order valence-electron chi connectivity index (χ1n) is 11.1. The van der Waals surface area contributed by atoms with Crippen LogP contribution in [0, 0.1) is 5.92 Å². The molecule has 35 heavy (non-hydrogen) atoms. The van der Waals surface area contributed by atoms with Gasteiger partial charge in [0.2, 0.25) is 11.5 Å². The third-order valence-corrected chi connectivity index (χ3v) is 6.32. The predicted octanol–water partition coefficient (Wildman–Crippen LogP) is 2.34. The number of aliphatic carboxylic acids is 1. The Hall–Kier alpha value is -4.25. The number of carboxylic acids is 1. The number of nitrogens with one attached hydrogen (secondary N) is 1. The number of nitrogens with zero attached hydrogens (tertiary/aromatic N) is 3. The van der Waals surface area contributed by atoms with E-state index in [4.69, 9.17) is 4.74 Å². The highest BCUT2D eigenvalue weighted by Crippen LogP contribution is 2.44. The van der Waals surface area contributed by atoms with Crippen molar-refractivity contribution in [1.29, 1.82) is 0 Å². The second-order valence-electron chi connectivity index (χ2n) is 8.55. The molecule has 0 saturated carbocycles. The number of rotatable bonds is 5. The molecule has 3 N–H and O–H groups in total. The van der Waals surface area contributed by atoms with Gasteiger partial charge in [-0.25, -0.2) is 9.42 Å². The molecule has 0 radical (unpaired) electrons. The van der Waals surface area contributed by atoms with Crippen molar-refractivity contribution in [1.82, 2.24) is 15.2 Å². The van der Waals surface area contributed by atoms with Crippen molar-refractivity contribution in [3.8, 4) is 11.1 Å². The van der Waals surface area contributed by atoms with Gasteiger partial charge in [-0.3, -0.25) is 14.9 Å². The molecule has 0 bridgehead atoms. The van der Waals surface area contributed by atoms with E-state index in [0.29, 0.717) is 0 Å². The van der Waals surface area contributed by atoms with Gasteiger partial charge < -0.3 is 19.8 Å². The first-order chi connectivity index (χ1) is 16.9. The molecule has 1 aromatic heterocycles. The number of hydrogen-bond acceptors (Lipinski definition) is 8. The predicted molar refractivity (Wildman–Crippen MR) is 121 cm³/mol. The zero-order chi connectivity index (χ0) is 24.5. The van der Waals surface area contributed by atoms with Crippen molar-refractivity contribution in [2.24, 2.45) is 5.92 Å². The molecule has 2 heterocycles. The summed E-state index contributed by atoms with van der Waals surface area (Å²) in [5, 5.41) is 28.7. The molecule has 2 atom stereocenters. The molecule has 1 aliphatic heterocycles. The van der Waals surface area contributed by atoms with Gasteiger partial charge in [-0.2, -0.15) is 0 Å². The molecule has 2 amide bonds. The van der Waals surface area contributed by atoms with E-state index < -0.39 is 30.0 Å². The minimum Gasteiger partial charge on any atom is -0.481 e. The Morgan fingerprint density at radius 1 is 1.03 bits per heavy atom. The van der Waals surface area contributed by atoms with Crippen LogP contribution in [0.2, 0.25) is 0 Å². The van der Waals surface area contributed by atoms with Gasteiger partial charge in [0.05, 0.1) is 12.0 Å². The highest BCUT2D eigenvalue weighted by atomic mass is 16.6. The fraction of sp³-hybridized carbons (Fsp3) is 0.292. The molecule has 11 nitrogen and oxygen atoms in total. The minimum atomic E-state index is -1.11. The third-order valence-electron chi connectivity index (χ3n) is 6.32. The van der Waals surface area contributed by atoms with Crippen molar-refractivity contribution in [3.63, 3.8) is 0 Å². The van der Waals surface area contributed by atoms with Crippen molar-refractivity contribution < 1.29 is 34.0 Å². The Balaban J connectivity index is 1.26. The van der Waals surface area contributed by atoms with E-state index in [1.54, 1.807) is 0 Å². The molecule has 0 spiro atoms. The number of fused-ring (bicyclic) bond motifs is 3. The smallest absolute Gasteiger partial charge is 0.412 e. The van der Waals surface area contributed by atoms with Gasteiger partial charge in [0, 0.05) is 19.0 Å². The first-order valence-corrected chi connectivity index (χ1v) is 11.1. The van der Waals surface area contributed by atoms with Crippen molar-refractivity contribution in [3.05, 3.63) is 65.4 Å². The third kappa shape index (κ3) is 4.33. The molecular weight excluding hydrogens is 456 g/mol. The van der Waals surface area contributed by atoms with E-state index in [2.05, 4.69) is 20.3 Å². The Labute approximate surface area is 199 Å². The van der Waals surface area contributed by atoms with Gasteiger partial charge in [0.1, 0.15) is 6.61 Å². The van der Waals surface area contributed by atoms with Gasteiger partial charge in [0.15, 0.2) is 0 Å². The molecule has 2 aliphatic rings. The zero-order valence-corrected chi connectivity index (χ0v) is 18.5. The Morgan fingerprint density at radius 2 is 1.69 bits per heavy atom. The normalized spacial score (nSPS) is 19.1. The summed E-state index contributed by atoms with van der Waals surface area (Å²) in [6.07, 6.45) is -1.80. The summed E-state index contributed by atoms with van der Waals surface area (Å²) in [6.45, 7) is -0.116. The van der Waals surface area contributed by atoms with Crippen LogP contribution in [0.15, 0.2) is 53.2 Å². The van der Waals surface area contributed by atoms with Crippen LogP contribution in [0.4, 0.5) is 10.6 Å². The SMILES string of the molecule is O=C(Nc1nonc1C(=O)N1CC(O)CC(C(=O)O)C1)OCC1c2ccccc2-c2ccccc21. The summed E-state index contributed by atoms with van der Waals surface area (Å²) < 4.78 is 10.1. The number of aromatic nitrogens is 2. The summed E-state index contributed by atoms with van der Waals surface area (Å²) in [7, 11) is 0. The largest absolute Gasteiger partial charge is 0.481 e. The van der Waals surface area contributed by atoms with Crippen molar-refractivity contribution in [2.45, 2.75) is 18.4 Å². The maximum absolute atomic E-state index is 12.9. The molecule has 1 saturated heterocycles. The van der Waals surface area contributed by atoms with Crippen LogP contribution in [-0.4, -0.2) is 69.2 Å². The number of carboxylic acid groups (broad SMARTS) is 1. The maximum Gasteiger partial charge on any atom is 0.412 e. The van der Waals surface area contributed by atoms with Gasteiger partial charge >= 0.3 is 12.1 Å². The van der Waals surface area contributed by atoms with Crippen LogP contribution in [0.5, 0.6) is 0 Å².